The number of para-hydroxylation sites is 1. The zero-order valence-corrected chi connectivity index (χ0v) is 15.5. The van der Waals surface area contributed by atoms with Crippen LogP contribution in [0.4, 0.5) is 0 Å². The van der Waals surface area contributed by atoms with Crippen LogP contribution in [0.1, 0.15) is 11.3 Å². The van der Waals surface area contributed by atoms with Crippen LogP contribution in [0.3, 0.4) is 0 Å². The van der Waals surface area contributed by atoms with E-state index in [1.807, 2.05) is 22.9 Å². The van der Waals surface area contributed by atoms with Crippen LogP contribution >= 0.6 is 23.4 Å². The molecule has 0 bridgehead atoms. The fraction of sp³-hybridized carbons (Fsp3) is 0.105. The summed E-state index contributed by atoms with van der Waals surface area (Å²) >= 11 is 7.49. The molecule has 0 aliphatic carbocycles. The highest BCUT2D eigenvalue weighted by molar-refractivity contribution is 7.98. The minimum absolute atomic E-state index is 0.143. The Morgan fingerprint density at radius 1 is 1.19 bits per heavy atom. The Hall–Kier alpha value is -2.57. The maximum atomic E-state index is 12.3. The van der Waals surface area contributed by atoms with Gasteiger partial charge >= 0.3 is 0 Å². The van der Waals surface area contributed by atoms with E-state index in [2.05, 4.69) is 29.0 Å². The summed E-state index contributed by atoms with van der Waals surface area (Å²) in [6.45, 7) is 2.07. The Labute approximate surface area is 159 Å². The van der Waals surface area contributed by atoms with E-state index in [0.717, 1.165) is 10.8 Å². The third kappa shape index (κ3) is 3.25. The topological polar surface area (TPSA) is 52.2 Å². The van der Waals surface area contributed by atoms with E-state index in [-0.39, 0.29) is 5.56 Å². The quantitative estimate of drug-likeness (QED) is 0.498. The first-order valence-corrected chi connectivity index (χ1v) is 9.38. The minimum atomic E-state index is -0.143. The van der Waals surface area contributed by atoms with E-state index < -0.39 is 0 Å². The lowest BCUT2D eigenvalue weighted by Crippen LogP contribution is -2.15. The van der Waals surface area contributed by atoms with Gasteiger partial charge in [0.25, 0.3) is 5.56 Å². The number of thioether (sulfide) groups is 1. The van der Waals surface area contributed by atoms with Crippen molar-refractivity contribution >= 4 is 29.0 Å². The second kappa shape index (κ2) is 6.97. The Bertz CT molecular complexity index is 1150. The third-order valence-corrected chi connectivity index (χ3v) is 5.23. The zero-order chi connectivity index (χ0) is 18.1. The van der Waals surface area contributed by atoms with Gasteiger partial charge in [-0.2, -0.15) is 0 Å². The van der Waals surface area contributed by atoms with Gasteiger partial charge in [-0.25, -0.2) is 9.97 Å². The van der Waals surface area contributed by atoms with E-state index in [1.54, 1.807) is 36.3 Å². The van der Waals surface area contributed by atoms with Crippen LogP contribution < -0.4 is 5.56 Å². The fourth-order valence-corrected chi connectivity index (χ4v) is 3.77. The van der Waals surface area contributed by atoms with Crippen LogP contribution in [0, 0.1) is 6.92 Å². The lowest BCUT2D eigenvalue weighted by atomic mass is 10.2. The summed E-state index contributed by atoms with van der Waals surface area (Å²) in [5.74, 6) is 0.553. The highest BCUT2D eigenvalue weighted by Crippen LogP contribution is 2.25. The number of nitrogens with zero attached hydrogens (tertiary/aromatic N) is 4. The largest absolute Gasteiger partial charge is 0.295 e. The van der Waals surface area contributed by atoms with Crippen molar-refractivity contribution in [3.63, 3.8) is 0 Å². The van der Waals surface area contributed by atoms with Crippen LogP contribution in [-0.4, -0.2) is 18.9 Å². The van der Waals surface area contributed by atoms with Gasteiger partial charge in [0.15, 0.2) is 5.16 Å². The van der Waals surface area contributed by atoms with Crippen LogP contribution in [0.25, 0.3) is 11.3 Å². The van der Waals surface area contributed by atoms with Gasteiger partial charge in [0.1, 0.15) is 5.65 Å². The number of fused-ring (bicyclic) bond motifs is 1. The SMILES string of the molecule is Cc1ccccc1-n1ccnc1SCc1cc(=O)n2cc(Cl)ccc2n1. The van der Waals surface area contributed by atoms with E-state index in [4.69, 9.17) is 11.6 Å². The molecule has 0 spiro atoms. The van der Waals surface area contributed by atoms with E-state index in [0.29, 0.717) is 22.1 Å². The van der Waals surface area contributed by atoms with Gasteiger partial charge in [-0.3, -0.25) is 13.8 Å². The Morgan fingerprint density at radius 3 is 2.88 bits per heavy atom. The highest BCUT2D eigenvalue weighted by atomic mass is 35.5. The summed E-state index contributed by atoms with van der Waals surface area (Å²) in [4.78, 5) is 21.3. The number of rotatable bonds is 4. The van der Waals surface area contributed by atoms with E-state index in [1.165, 1.54) is 16.0 Å². The predicted octanol–water partition coefficient (Wildman–Crippen LogP) is 4.13. The standard InChI is InChI=1S/C19H15ClN4OS/c1-13-4-2-3-5-16(13)23-9-8-21-19(23)26-12-15-10-18(25)24-11-14(20)6-7-17(24)22-15/h2-11H,12H2,1H3. The summed E-state index contributed by atoms with van der Waals surface area (Å²) in [6.07, 6.45) is 5.29. The third-order valence-electron chi connectivity index (χ3n) is 4.01. The minimum Gasteiger partial charge on any atom is -0.295 e. The summed E-state index contributed by atoms with van der Waals surface area (Å²) in [7, 11) is 0. The molecule has 0 amide bonds. The number of halogens is 1. The maximum Gasteiger partial charge on any atom is 0.258 e. The van der Waals surface area contributed by atoms with Crippen molar-refractivity contribution in [3.05, 3.63) is 87.7 Å². The lowest BCUT2D eigenvalue weighted by Gasteiger charge is -2.10. The average molecular weight is 383 g/mol. The molecular weight excluding hydrogens is 368 g/mol. The molecule has 0 saturated carbocycles. The number of hydrogen-bond acceptors (Lipinski definition) is 4. The average Bonchev–Trinajstić information content (AvgIpc) is 3.09. The van der Waals surface area contributed by atoms with Gasteiger partial charge in [-0.1, -0.05) is 41.6 Å². The number of aryl methyl sites for hydroxylation is 1. The molecule has 3 aromatic heterocycles. The van der Waals surface area contributed by atoms with Crippen LogP contribution in [0.5, 0.6) is 0 Å². The fourth-order valence-electron chi connectivity index (χ4n) is 2.75. The first-order valence-electron chi connectivity index (χ1n) is 8.02. The van der Waals surface area contributed by atoms with Crippen molar-refractivity contribution < 1.29 is 0 Å². The van der Waals surface area contributed by atoms with E-state index >= 15 is 0 Å². The normalized spacial score (nSPS) is 11.2. The van der Waals surface area contributed by atoms with Crippen molar-refractivity contribution in [3.8, 4) is 5.69 Å². The van der Waals surface area contributed by atoms with Gasteiger partial charge in [0.05, 0.1) is 16.4 Å². The highest BCUT2D eigenvalue weighted by Gasteiger charge is 2.10. The van der Waals surface area contributed by atoms with Crippen molar-refractivity contribution in [2.75, 3.05) is 0 Å². The van der Waals surface area contributed by atoms with Crippen molar-refractivity contribution in [2.45, 2.75) is 17.8 Å². The molecule has 130 valence electrons. The number of aromatic nitrogens is 4. The number of hydrogen-bond donors (Lipinski definition) is 0. The smallest absolute Gasteiger partial charge is 0.258 e. The van der Waals surface area contributed by atoms with Gasteiger partial charge < -0.3 is 0 Å². The Balaban J connectivity index is 1.62. The number of imidazole rings is 1. The first-order chi connectivity index (χ1) is 12.6. The molecule has 0 fully saturated rings. The molecule has 0 N–H and O–H groups in total. The second-order valence-electron chi connectivity index (χ2n) is 5.82. The molecule has 0 atom stereocenters. The van der Waals surface area contributed by atoms with Gasteiger partial charge in [-0.05, 0) is 30.7 Å². The molecule has 0 radical (unpaired) electrons. The molecule has 26 heavy (non-hydrogen) atoms. The molecule has 5 nitrogen and oxygen atoms in total. The number of pyridine rings is 1. The van der Waals surface area contributed by atoms with Crippen molar-refractivity contribution in [1.82, 2.24) is 18.9 Å². The molecule has 0 saturated heterocycles. The van der Waals surface area contributed by atoms with Gasteiger partial charge in [-0.15, -0.1) is 0 Å². The van der Waals surface area contributed by atoms with Crippen LogP contribution in [0.2, 0.25) is 5.02 Å². The number of benzene rings is 1. The molecule has 0 aliphatic heterocycles. The van der Waals surface area contributed by atoms with Gasteiger partial charge in [0.2, 0.25) is 0 Å². The van der Waals surface area contributed by atoms with Crippen LogP contribution in [-0.2, 0) is 5.75 Å². The Morgan fingerprint density at radius 2 is 2.04 bits per heavy atom. The monoisotopic (exact) mass is 382 g/mol. The molecule has 4 aromatic rings. The van der Waals surface area contributed by atoms with Crippen LogP contribution in [0.15, 0.2) is 71.0 Å². The molecule has 1 aromatic carbocycles. The maximum absolute atomic E-state index is 12.3. The summed E-state index contributed by atoms with van der Waals surface area (Å²) in [6, 6.07) is 13.2. The van der Waals surface area contributed by atoms with Crippen molar-refractivity contribution in [2.24, 2.45) is 0 Å². The zero-order valence-electron chi connectivity index (χ0n) is 14.0. The lowest BCUT2D eigenvalue weighted by molar-refractivity contribution is 0.886. The van der Waals surface area contributed by atoms with E-state index in [9.17, 15) is 4.79 Å². The molecule has 7 heteroatoms. The van der Waals surface area contributed by atoms with Crippen molar-refractivity contribution in [1.29, 1.82) is 0 Å². The first kappa shape index (κ1) is 16.9. The van der Waals surface area contributed by atoms with Gasteiger partial charge in [0, 0.05) is 30.4 Å². The molecule has 0 aliphatic rings. The molecule has 4 rings (SSSR count). The summed E-state index contributed by atoms with van der Waals surface area (Å²) in [5.41, 5.74) is 3.41. The molecule has 0 unspecified atom stereocenters. The summed E-state index contributed by atoms with van der Waals surface area (Å²) < 4.78 is 3.50. The molecule has 3 heterocycles. The molecular formula is C19H15ClN4OS. The summed E-state index contributed by atoms with van der Waals surface area (Å²) in [5, 5.41) is 1.36. The Kier molecular flexibility index (Phi) is 4.53. The predicted molar refractivity (Wildman–Crippen MR) is 104 cm³/mol. The second-order valence-corrected chi connectivity index (χ2v) is 7.20.